The van der Waals surface area contributed by atoms with Gasteiger partial charge in [0, 0.05) is 13.6 Å². The van der Waals surface area contributed by atoms with Gasteiger partial charge < -0.3 is 4.90 Å². The molecular formula is C15H15F3N2OS. The van der Waals surface area contributed by atoms with Crippen molar-refractivity contribution in [3.8, 4) is 0 Å². The van der Waals surface area contributed by atoms with Crippen LogP contribution in [0.3, 0.4) is 0 Å². The van der Waals surface area contributed by atoms with Crippen molar-refractivity contribution in [2.45, 2.75) is 26.1 Å². The lowest BCUT2D eigenvalue weighted by molar-refractivity contribution is -0.138. The summed E-state index contributed by atoms with van der Waals surface area (Å²) < 4.78 is 38.9. The summed E-state index contributed by atoms with van der Waals surface area (Å²) in [5.41, 5.74) is -0.640. The molecule has 3 nitrogen and oxygen atoms in total. The van der Waals surface area contributed by atoms with E-state index in [1.54, 1.807) is 0 Å². The van der Waals surface area contributed by atoms with Crippen LogP contribution in [0.15, 0.2) is 30.5 Å². The molecule has 0 N–H and O–H groups in total. The molecule has 0 aliphatic carbocycles. The number of halogens is 3. The van der Waals surface area contributed by atoms with Crippen LogP contribution in [0, 0.1) is 0 Å². The second-order valence-corrected chi connectivity index (χ2v) is 5.90. The van der Waals surface area contributed by atoms with Crippen molar-refractivity contribution in [3.05, 3.63) is 51.5 Å². The zero-order valence-electron chi connectivity index (χ0n) is 12.1. The molecule has 0 aliphatic rings. The Morgan fingerprint density at radius 2 is 2.00 bits per heavy atom. The molecule has 2 aromatic rings. The molecule has 0 radical (unpaired) electrons. The lowest BCUT2D eigenvalue weighted by atomic mass is 10.1. The van der Waals surface area contributed by atoms with Gasteiger partial charge in [0.05, 0.1) is 16.8 Å². The Morgan fingerprint density at radius 3 is 2.59 bits per heavy atom. The maximum Gasteiger partial charge on any atom is 0.416 e. The molecule has 118 valence electrons. The second-order valence-electron chi connectivity index (χ2n) is 4.79. The highest BCUT2D eigenvalue weighted by atomic mass is 32.1. The molecule has 1 aromatic carbocycles. The third kappa shape index (κ3) is 3.65. The summed E-state index contributed by atoms with van der Waals surface area (Å²) in [6.45, 7) is 1.82. The molecule has 0 saturated carbocycles. The first kappa shape index (κ1) is 16.5. The van der Waals surface area contributed by atoms with E-state index in [9.17, 15) is 18.0 Å². The number of carbonyl (C=O) groups is 1. The number of benzene rings is 1. The summed E-state index contributed by atoms with van der Waals surface area (Å²) in [4.78, 5) is 18.1. The van der Waals surface area contributed by atoms with Crippen molar-refractivity contribution >= 4 is 17.2 Å². The zero-order chi connectivity index (χ0) is 16.3. The normalized spacial score (nSPS) is 11.5. The minimum atomic E-state index is -4.43. The van der Waals surface area contributed by atoms with E-state index in [1.807, 2.05) is 6.92 Å². The van der Waals surface area contributed by atoms with Crippen LogP contribution in [0.25, 0.3) is 0 Å². The van der Waals surface area contributed by atoms with Gasteiger partial charge in [-0.15, -0.1) is 11.3 Å². The predicted octanol–water partition coefficient (Wildman–Crippen LogP) is 4.00. The van der Waals surface area contributed by atoms with E-state index < -0.39 is 11.7 Å². The number of nitrogens with zero attached hydrogens (tertiary/aromatic N) is 2. The van der Waals surface area contributed by atoms with Crippen LogP contribution in [0.1, 0.15) is 32.7 Å². The van der Waals surface area contributed by atoms with Gasteiger partial charge in [-0.25, -0.2) is 4.98 Å². The lowest BCUT2D eigenvalue weighted by Crippen LogP contribution is -2.26. The van der Waals surface area contributed by atoms with E-state index in [0.29, 0.717) is 4.88 Å². The van der Waals surface area contributed by atoms with Gasteiger partial charge in [-0.2, -0.15) is 13.2 Å². The molecule has 0 saturated heterocycles. The van der Waals surface area contributed by atoms with Gasteiger partial charge >= 0.3 is 6.18 Å². The van der Waals surface area contributed by atoms with Crippen LogP contribution in [0.5, 0.6) is 0 Å². The van der Waals surface area contributed by atoms with E-state index in [1.165, 1.54) is 47.7 Å². The van der Waals surface area contributed by atoms with E-state index in [-0.39, 0.29) is 18.0 Å². The Bertz CT molecular complexity index is 667. The number of rotatable bonds is 4. The Hall–Kier alpha value is -1.89. The van der Waals surface area contributed by atoms with Gasteiger partial charge in [-0.1, -0.05) is 25.1 Å². The average Bonchev–Trinajstić information content (AvgIpc) is 2.94. The smallest absolute Gasteiger partial charge is 0.337 e. The largest absolute Gasteiger partial charge is 0.416 e. The fourth-order valence-corrected chi connectivity index (χ4v) is 2.87. The molecule has 22 heavy (non-hydrogen) atoms. The van der Waals surface area contributed by atoms with Gasteiger partial charge in [0.15, 0.2) is 0 Å². The van der Waals surface area contributed by atoms with E-state index in [0.717, 1.165) is 17.5 Å². The van der Waals surface area contributed by atoms with E-state index in [2.05, 4.69) is 4.98 Å². The molecule has 0 unspecified atom stereocenters. The van der Waals surface area contributed by atoms with Crippen LogP contribution in [0.4, 0.5) is 13.2 Å². The van der Waals surface area contributed by atoms with Crippen molar-refractivity contribution in [2.75, 3.05) is 7.05 Å². The second kappa shape index (κ2) is 6.48. The maximum atomic E-state index is 13.0. The topological polar surface area (TPSA) is 33.2 Å². The molecule has 2 rings (SSSR count). The molecule has 0 fully saturated rings. The van der Waals surface area contributed by atoms with Gasteiger partial charge in [0.25, 0.3) is 5.91 Å². The molecule has 0 aliphatic heterocycles. The van der Waals surface area contributed by atoms with Crippen LogP contribution < -0.4 is 0 Å². The highest BCUT2D eigenvalue weighted by Gasteiger charge is 2.33. The predicted molar refractivity (Wildman–Crippen MR) is 78.7 cm³/mol. The van der Waals surface area contributed by atoms with Gasteiger partial charge in [0.1, 0.15) is 4.88 Å². The summed E-state index contributed by atoms with van der Waals surface area (Å²) in [7, 11) is 1.49. The Balaban J connectivity index is 2.18. The molecule has 0 bridgehead atoms. The maximum absolute atomic E-state index is 13.0. The van der Waals surface area contributed by atoms with Crippen molar-refractivity contribution in [1.29, 1.82) is 0 Å². The third-order valence-corrected chi connectivity index (χ3v) is 4.27. The molecule has 1 heterocycles. The summed E-state index contributed by atoms with van der Waals surface area (Å²) in [5, 5.41) is 0.826. The fraction of sp³-hybridized carbons (Fsp3) is 0.333. The number of hydrogen-bond donors (Lipinski definition) is 0. The molecule has 7 heteroatoms. The Kier molecular flexibility index (Phi) is 4.85. The standard InChI is InChI=1S/C15H15F3N2OS/c1-3-13-19-8-12(22-13)14(21)20(2)9-10-6-4-5-7-11(10)15(16,17)18/h4-8H,3,9H2,1-2H3. The number of carbonyl (C=O) groups excluding carboxylic acids is 1. The summed E-state index contributed by atoms with van der Waals surface area (Å²) >= 11 is 1.27. The molecule has 1 amide bonds. The average molecular weight is 328 g/mol. The highest BCUT2D eigenvalue weighted by molar-refractivity contribution is 7.13. The number of aryl methyl sites for hydroxylation is 1. The summed E-state index contributed by atoms with van der Waals surface area (Å²) in [5.74, 6) is -0.325. The third-order valence-electron chi connectivity index (χ3n) is 3.14. The number of aromatic nitrogens is 1. The number of alkyl halides is 3. The first-order valence-electron chi connectivity index (χ1n) is 6.68. The van der Waals surface area contributed by atoms with Gasteiger partial charge in [0.2, 0.25) is 0 Å². The van der Waals surface area contributed by atoms with Crippen molar-refractivity contribution < 1.29 is 18.0 Å². The van der Waals surface area contributed by atoms with Gasteiger partial charge in [-0.3, -0.25) is 4.79 Å². The van der Waals surface area contributed by atoms with Gasteiger partial charge in [-0.05, 0) is 18.1 Å². The summed E-state index contributed by atoms with van der Waals surface area (Å²) in [6, 6.07) is 5.28. The quantitative estimate of drug-likeness (QED) is 0.850. The minimum Gasteiger partial charge on any atom is -0.337 e. The zero-order valence-corrected chi connectivity index (χ0v) is 13.0. The SMILES string of the molecule is CCc1ncc(C(=O)N(C)Cc2ccccc2C(F)(F)F)s1. The first-order chi connectivity index (χ1) is 10.3. The number of amides is 1. The van der Waals surface area contributed by atoms with Crippen LogP contribution in [-0.2, 0) is 19.1 Å². The van der Waals surface area contributed by atoms with Crippen LogP contribution in [-0.4, -0.2) is 22.8 Å². The molecule has 1 aromatic heterocycles. The van der Waals surface area contributed by atoms with Crippen molar-refractivity contribution in [3.63, 3.8) is 0 Å². The van der Waals surface area contributed by atoms with Crippen LogP contribution in [0.2, 0.25) is 0 Å². The Labute approximate surface area is 130 Å². The van der Waals surface area contributed by atoms with Crippen molar-refractivity contribution in [1.82, 2.24) is 9.88 Å². The Morgan fingerprint density at radius 1 is 1.32 bits per heavy atom. The molecule has 0 atom stereocenters. The first-order valence-corrected chi connectivity index (χ1v) is 7.49. The fourth-order valence-electron chi connectivity index (χ4n) is 2.02. The van der Waals surface area contributed by atoms with Crippen LogP contribution >= 0.6 is 11.3 Å². The minimum absolute atomic E-state index is 0.0751. The molecule has 0 spiro atoms. The number of thiazole rings is 1. The van der Waals surface area contributed by atoms with Crippen molar-refractivity contribution in [2.24, 2.45) is 0 Å². The lowest BCUT2D eigenvalue weighted by Gasteiger charge is -2.19. The van der Waals surface area contributed by atoms with E-state index >= 15 is 0 Å². The van der Waals surface area contributed by atoms with E-state index in [4.69, 9.17) is 0 Å². The number of hydrogen-bond acceptors (Lipinski definition) is 3. The monoisotopic (exact) mass is 328 g/mol. The molecular weight excluding hydrogens is 313 g/mol. The summed E-state index contributed by atoms with van der Waals surface area (Å²) in [6.07, 6.45) is -2.24. The highest BCUT2D eigenvalue weighted by Crippen LogP contribution is 2.32.